The van der Waals surface area contributed by atoms with Crippen molar-refractivity contribution in [3.8, 4) is 17.1 Å². The summed E-state index contributed by atoms with van der Waals surface area (Å²) in [5.41, 5.74) is 3.35. The maximum absolute atomic E-state index is 12.9. The maximum atomic E-state index is 12.9. The number of benzene rings is 2. The van der Waals surface area contributed by atoms with Crippen LogP contribution in [0.2, 0.25) is 0 Å². The van der Waals surface area contributed by atoms with Gasteiger partial charge in [0, 0.05) is 31.7 Å². The van der Waals surface area contributed by atoms with E-state index < -0.39 is 0 Å². The van der Waals surface area contributed by atoms with Crippen molar-refractivity contribution in [3.05, 3.63) is 63.5 Å². The second-order valence-corrected chi connectivity index (χ2v) is 8.82. The summed E-state index contributed by atoms with van der Waals surface area (Å²) in [6, 6.07) is 11.5. The molecule has 1 fully saturated rings. The molecule has 7 nitrogen and oxygen atoms in total. The molecular weight excluding hydrogens is 460 g/mol. The van der Waals surface area contributed by atoms with Gasteiger partial charge in [-0.15, -0.1) is 0 Å². The lowest BCUT2D eigenvalue weighted by molar-refractivity contribution is 0.0549. The fourth-order valence-electron chi connectivity index (χ4n) is 3.76. The van der Waals surface area contributed by atoms with Gasteiger partial charge in [-0.05, 0) is 54.4 Å². The van der Waals surface area contributed by atoms with Gasteiger partial charge in [0.25, 0.3) is 5.91 Å². The van der Waals surface area contributed by atoms with Crippen molar-refractivity contribution >= 4 is 21.8 Å². The van der Waals surface area contributed by atoms with Crippen molar-refractivity contribution in [2.75, 3.05) is 26.2 Å². The van der Waals surface area contributed by atoms with Gasteiger partial charge < -0.3 is 14.5 Å². The molecule has 2 heterocycles. The lowest BCUT2D eigenvalue weighted by Crippen LogP contribution is -2.49. The molecule has 162 valence electrons. The highest BCUT2D eigenvalue weighted by Crippen LogP contribution is 2.31. The van der Waals surface area contributed by atoms with Crippen molar-refractivity contribution < 1.29 is 14.4 Å². The molecular formula is C23H25BrN4O3. The number of hydrogen-bond acceptors (Lipinski definition) is 6. The van der Waals surface area contributed by atoms with E-state index in [1.165, 1.54) is 5.56 Å². The molecule has 1 atom stereocenters. The van der Waals surface area contributed by atoms with Crippen LogP contribution in [0.4, 0.5) is 0 Å². The van der Waals surface area contributed by atoms with Gasteiger partial charge in [-0.2, -0.15) is 4.98 Å². The molecule has 1 saturated heterocycles. The standard InChI is InChI=1S/C23H25BrN4O3/c1-14-4-6-17(7-5-14)21-25-22(31-26-21)16(3)27-8-10-28(11-9-27)23(30)18-12-15(2)13-19(24)20(18)29/h4-7,12-13,16,29H,8-11H2,1-3H3/t16-/m1/s1. The summed E-state index contributed by atoms with van der Waals surface area (Å²) in [5.74, 6) is 0.973. The quantitative estimate of drug-likeness (QED) is 0.592. The number of carbonyl (C=O) groups excluding carboxylic acids is 1. The average Bonchev–Trinajstić information content (AvgIpc) is 3.26. The predicted molar refractivity (Wildman–Crippen MR) is 121 cm³/mol. The van der Waals surface area contributed by atoms with Crippen LogP contribution < -0.4 is 0 Å². The molecule has 0 saturated carbocycles. The largest absolute Gasteiger partial charge is 0.506 e. The van der Waals surface area contributed by atoms with Gasteiger partial charge in [0.2, 0.25) is 11.7 Å². The van der Waals surface area contributed by atoms with Gasteiger partial charge in [-0.1, -0.05) is 35.0 Å². The maximum Gasteiger partial charge on any atom is 0.257 e. The summed E-state index contributed by atoms with van der Waals surface area (Å²) in [7, 11) is 0. The van der Waals surface area contributed by atoms with Crippen LogP contribution in [0.25, 0.3) is 11.4 Å². The summed E-state index contributed by atoms with van der Waals surface area (Å²) >= 11 is 3.31. The van der Waals surface area contributed by atoms with Crippen LogP contribution in [0.15, 0.2) is 45.4 Å². The van der Waals surface area contributed by atoms with Gasteiger partial charge in [-0.3, -0.25) is 9.69 Å². The number of nitrogens with zero attached hydrogens (tertiary/aromatic N) is 4. The number of rotatable bonds is 4. The molecule has 31 heavy (non-hydrogen) atoms. The molecule has 1 aliphatic rings. The predicted octanol–water partition coefficient (Wildman–Crippen LogP) is 4.34. The first-order chi connectivity index (χ1) is 14.8. The lowest BCUT2D eigenvalue weighted by atomic mass is 10.1. The minimum absolute atomic E-state index is 0.0131. The van der Waals surface area contributed by atoms with E-state index in [9.17, 15) is 9.90 Å². The molecule has 1 N–H and O–H groups in total. The molecule has 0 aliphatic carbocycles. The molecule has 8 heteroatoms. The van der Waals surface area contributed by atoms with Gasteiger partial charge >= 0.3 is 0 Å². The summed E-state index contributed by atoms with van der Waals surface area (Å²) < 4.78 is 6.06. The van der Waals surface area contributed by atoms with E-state index in [1.54, 1.807) is 17.0 Å². The number of aromatic hydroxyl groups is 1. The van der Waals surface area contributed by atoms with Gasteiger partial charge in [-0.25, -0.2) is 0 Å². The Hall–Kier alpha value is -2.71. The number of carbonyl (C=O) groups is 1. The molecule has 2 aromatic carbocycles. The Kier molecular flexibility index (Phi) is 6.11. The van der Waals surface area contributed by atoms with Crippen molar-refractivity contribution in [2.45, 2.75) is 26.8 Å². The third-order valence-corrected chi connectivity index (χ3v) is 6.30. The van der Waals surface area contributed by atoms with Crippen LogP contribution in [0.5, 0.6) is 5.75 Å². The molecule has 1 aliphatic heterocycles. The molecule has 1 amide bonds. The number of aromatic nitrogens is 2. The van der Waals surface area contributed by atoms with Crippen molar-refractivity contribution in [3.63, 3.8) is 0 Å². The minimum atomic E-state index is -0.159. The normalized spacial score (nSPS) is 15.8. The Balaban J connectivity index is 1.41. The highest BCUT2D eigenvalue weighted by molar-refractivity contribution is 9.10. The number of halogens is 1. The second-order valence-electron chi connectivity index (χ2n) is 7.97. The summed E-state index contributed by atoms with van der Waals surface area (Å²) in [4.78, 5) is 21.5. The number of amides is 1. The summed E-state index contributed by atoms with van der Waals surface area (Å²) in [6.07, 6.45) is 0. The average molecular weight is 485 g/mol. The van der Waals surface area contributed by atoms with Crippen LogP contribution in [0.3, 0.4) is 0 Å². The Morgan fingerprint density at radius 2 is 1.77 bits per heavy atom. The van der Waals surface area contributed by atoms with E-state index in [0.29, 0.717) is 47.9 Å². The zero-order valence-corrected chi connectivity index (χ0v) is 19.4. The van der Waals surface area contributed by atoms with Crippen LogP contribution in [0.1, 0.15) is 40.3 Å². The van der Waals surface area contributed by atoms with Crippen molar-refractivity contribution in [1.82, 2.24) is 19.9 Å². The first kappa shape index (κ1) is 21.5. The molecule has 0 spiro atoms. The molecule has 3 aromatic rings. The number of aryl methyl sites for hydroxylation is 2. The van der Waals surface area contributed by atoms with Crippen LogP contribution in [0, 0.1) is 13.8 Å². The first-order valence-corrected chi connectivity index (χ1v) is 11.1. The highest BCUT2D eigenvalue weighted by Gasteiger charge is 2.29. The van der Waals surface area contributed by atoms with Crippen LogP contribution in [-0.2, 0) is 0 Å². The van der Waals surface area contributed by atoms with Crippen molar-refractivity contribution in [1.29, 1.82) is 0 Å². The van der Waals surface area contributed by atoms with E-state index in [-0.39, 0.29) is 17.7 Å². The monoisotopic (exact) mass is 484 g/mol. The zero-order valence-electron chi connectivity index (χ0n) is 17.8. The molecule has 0 bridgehead atoms. The lowest BCUT2D eigenvalue weighted by Gasteiger charge is -2.37. The second kappa shape index (κ2) is 8.80. The number of piperazine rings is 1. The highest BCUT2D eigenvalue weighted by atomic mass is 79.9. The number of phenols is 1. The fourth-order valence-corrected chi connectivity index (χ4v) is 4.34. The third kappa shape index (κ3) is 4.50. The van der Waals surface area contributed by atoms with Gasteiger partial charge in [0.1, 0.15) is 5.75 Å². The Bertz CT molecular complexity index is 1090. The molecule has 1 aromatic heterocycles. The van der Waals surface area contributed by atoms with Crippen molar-refractivity contribution in [2.24, 2.45) is 0 Å². The van der Waals surface area contributed by atoms with Crippen LogP contribution >= 0.6 is 15.9 Å². The van der Waals surface area contributed by atoms with E-state index in [1.807, 2.05) is 45.0 Å². The minimum Gasteiger partial charge on any atom is -0.506 e. The fraction of sp³-hybridized carbons (Fsp3) is 0.348. The molecule has 0 unspecified atom stereocenters. The molecule has 0 radical (unpaired) electrons. The third-order valence-electron chi connectivity index (χ3n) is 5.70. The van der Waals surface area contributed by atoms with E-state index >= 15 is 0 Å². The SMILES string of the molecule is Cc1ccc(-c2noc([C@@H](C)N3CCN(C(=O)c4cc(C)cc(Br)c4O)CC3)n2)cc1. The van der Waals surface area contributed by atoms with Gasteiger partial charge in [0.15, 0.2) is 0 Å². The first-order valence-electron chi connectivity index (χ1n) is 10.3. The van der Waals surface area contributed by atoms with E-state index in [0.717, 1.165) is 11.1 Å². The topological polar surface area (TPSA) is 82.7 Å². The Morgan fingerprint density at radius 3 is 2.45 bits per heavy atom. The van der Waals surface area contributed by atoms with Crippen LogP contribution in [-0.4, -0.2) is 57.1 Å². The summed E-state index contributed by atoms with van der Waals surface area (Å²) in [6.45, 7) is 8.46. The number of hydrogen-bond donors (Lipinski definition) is 1. The van der Waals surface area contributed by atoms with Gasteiger partial charge in [0.05, 0.1) is 16.1 Å². The summed E-state index contributed by atoms with van der Waals surface area (Å²) in [5, 5.41) is 14.4. The Labute approximate surface area is 189 Å². The smallest absolute Gasteiger partial charge is 0.257 e. The molecule has 4 rings (SSSR count). The zero-order chi connectivity index (χ0) is 22.1. The van der Waals surface area contributed by atoms with E-state index in [2.05, 4.69) is 31.0 Å². The van der Waals surface area contributed by atoms with E-state index in [4.69, 9.17) is 4.52 Å². The Morgan fingerprint density at radius 1 is 1.10 bits per heavy atom. The number of phenolic OH excluding ortho intramolecular Hbond substituents is 1.